The molecule has 0 aromatic carbocycles. The topological polar surface area (TPSA) is 35.5 Å². The lowest BCUT2D eigenvalue weighted by Crippen LogP contribution is -2.33. The van der Waals surface area contributed by atoms with Crippen LogP contribution in [-0.2, 0) is 14.3 Å². The van der Waals surface area contributed by atoms with Crippen molar-refractivity contribution in [1.82, 2.24) is 0 Å². The highest BCUT2D eigenvalue weighted by atomic mass is 16.5. The summed E-state index contributed by atoms with van der Waals surface area (Å²) in [5, 5.41) is 0. The summed E-state index contributed by atoms with van der Waals surface area (Å²) in [5.74, 6) is -0.228. The fourth-order valence-electron chi connectivity index (χ4n) is 1.55. The van der Waals surface area contributed by atoms with Crippen molar-refractivity contribution in [3.63, 3.8) is 0 Å². The third-order valence-electron chi connectivity index (χ3n) is 2.91. The van der Waals surface area contributed by atoms with Crippen LogP contribution in [0.15, 0.2) is 11.8 Å². The van der Waals surface area contributed by atoms with Crippen LogP contribution >= 0.6 is 0 Å². The standard InChI is InChI=1S/C11H18O3/c1-4-11(3)6-7-14-10(12)9(11)8-13-5-2/h8H,4-7H2,1-3H3. The van der Waals surface area contributed by atoms with E-state index in [0.29, 0.717) is 18.8 Å². The van der Waals surface area contributed by atoms with Gasteiger partial charge in [0.2, 0.25) is 0 Å². The highest BCUT2D eigenvalue weighted by Crippen LogP contribution is 2.38. The van der Waals surface area contributed by atoms with Gasteiger partial charge in [0.15, 0.2) is 0 Å². The van der Waals surface area contributed by atoms with Crippen LogP contribution in [0.3, 0.4) is 0 Å². The Morgan fingerprint density at radius 1 is 1.57 bits per heavy atom. The minimum Gasteiger partial charge on any atom is -0.501 e. The highest BCUT2D eigenvalue weighted by Gasteiger charge is 2.37. The molecule has 1 atom stereocenters. The first kappa shape index (κ1) is 11.1. The van der Waals surface area contributed by atoms with E-state index in [-0.39, 0.29) is 11.4 Å². The van der Waals surface area contributed by atoms with Gasteiger partial charge in [-0.25, -0.2) is 4.79 Å². The highest BCUT2D eigenvalue weighted by molar-refractivity contribution is 5.90. The van der Waals surface area contributed by atoms with Crippen molar-refractivity contribution < 1.29 is 14.3 Å². The molecule has 0 radical (unpaired) electrons. The largest absolute Gasteiger partial charge is 0.501 e. The number of ether oxygens (including phenoxy) is 2. The van der Waals surface area contributed by atoms with Crippen LogP contribution < -0.4 is 0 Å². The van der Waals surface area contributed by atoms with Gasteiger partial charge in [0.25, 0.3) is 0 Å². The second kappa shape index (κ2) is 4.49. The normalized spacial score (nSPS) is 30.2. The summed E-state index contributed by atoms with van der Waals surface area (Å²) in [6.07, 6.45) is 3.38. The van der Waals surface area contributed by atoms with E-state index in [1.165, 1.54) is 0 Å². The monoisotopic (exact) mass is 198 g/mol. The molecule has 1 aliphatic rings. The second-order valence-electron chi connectivity index (χ2n) is 3.79. The van der Waals surface area contributed by atoms with Gasteiger partial charge in [-0.3, -0.25) is 0 Å². The number of carbonyl (C=O) groups excluding carboxylic acids is 1. The molecule has 3 nitrogen and oxygen atoms in total. The van der Waals surface area contributed by atoms with Gasteiger partial charge in [-0.15, -0.1) is 0 Å². The molecule has 0 aliphatic carbocycles. The van der Waals surface area contributed by atoms with E-state index in [2.05, 4.69) is 13.8 Å². The molecule has 14 heavy (non-hydrogen) atoms. The smallest absolute Gasteiger partial charge is 0.337 e. The van der Waals surface area contributed by atoms with Crippen molar-refractivity contribution in [2.75, 3.05) is 13.2 Å². The lowest BCUT2D eigenvalue weighted by Gasteiger charge is -2.33. The van der Waals surface area contributed by atoms with Crippen molar-refractivity contribution in [2.24, 2.45) is 5.41 Å². The zero-order chi connectivity index (χ0) is 10.6. The molecule has 3 heteroatoms. The zero-order valence-electron chi connectivity index (χ0n) is 9.13. The zero-order valence-corrected chi connectivity index (χ0v) is 9.13. The molecule has 0 aromatic rings. The molecule has 1 aliphatic heterocycles. The SMILES string of the molecule is CCOC=C1C(=O)OCCC1(C)CC. The van der Waals surface area contributed by atoms with Crippen LogP contribution in [0.25, 0.3) is 0 Å². The molecular formula is C11H18O3. The minimum atomic E-state index is -0.228. The molecule has 1 fully saturated rings. The Morgan fingerprint density at radius 3 is 2.86 bits per heavy atom. The van der Waals surface area contributed by atoms with Crippen LogP contribution in [0.2, 0.25) is 0 Å². The summed E-state index contributed by atoms with van der Waals surface area (Å²) in [5.41, 5.74) is 0.595. The predicted octanol–water partition coefficient (Wildman–Crippen LogP) is 2.27. The van der Waals surface area contributed by atoms with Crippen molar-refractivity contribution in [3.8, 4) is 0 Å². The van der Waals surface area contributed by atoms with E-state index >= 15 is 0 Å². The van der Waals surface area contributed by atoms with Crippen molar-refractivity contribution >= 4 is 5.97 Å². The molecule has 1 rings (SSSR count). The van der Waals surface area contributed by atoms with Crippen molar-refractivity contribution in [2.45, 2.75) is 33.6 Å². The number of cyclic esters (lactones) is 1. The van der Waals surface area contributed by atoms with Crippen LogP contribution in [0, 0.1) is 5.41 Å². The minimum absolute atomic E-state index is 0.0789. The number of hydrogen-bond donors (Lipinski definition) is 0. The Labute approximate surface area is 85.1 Å². The Morgan fingerprint density at radius 2 is 2.29 bits per heavy atom. The van der Waals surface area contributed by atoms with Gasteiger partial charge < -0.3 is 9.47 Å². The number of hydrogen-bond acceptors (Lipinski definition) is 3. The molecule has 0 aromatic heterocycles. The van der Waals surface area contributed by atoms with Gasteiger partial charge >= 0.3 is 5.97 Å². The van der Waals surface area contributed by atoms with Crippen LogP contribution in [0.5, 0.6) is 0 Å². The Bertz CT molecular complexity index is 245. The van der Waals surface area contributed by atoms with E-state index in [0.717, 1.165) is 12.8 Å². The lowest BCUT2D eigenvalue weighted by atomic mass is 9.76. The first-order valence-corrected chi connectivity index (χ1v) is 5.13. The summed E-state index contributed by atoms with van der Waals surface area (Å²) in [6, 6.07) is 0. The van der Waals surface area contributed by atoms with Crippen LogP contribution in [-0.4, -0.2) is 19.2 Å². The van der Waals surface area contributed by atoms with Gasteiger partial charge in [-0.2, -0.15) is 0 Å². The van der Waals surface area contributed by atoms with Crippen LogP contribution in [0.1, 0.15) is 33.6 Å². The molecular weight excluding hydrogens is 180 g/mol. The third kappa shape index (κ3) is 2.08. The number of carbonyl (C=O) groups is 1. The molecule has 0 saturated carbocycles. The summed E-state index contributed by atoms with van der Waals surface area (Å²) < 4.78 is 10.2. The predicted molar refractivity (Wildman–Crippen MR) is 53.7 cm³/mol. The molecule has 0 amide bonds. The molecule has 0 bridgehead atoms. The first-order valence-electron chi connectivity index (χ1n) is 5.13. The summed E-state index contributed by atoms with van der Waals surface area (Å²) in [6.45, 7) is 7.16. The van der Waals surface area contributed by atoms with E-state index in [9.17, 15) is 4.79 Å². The molecule has 80 valence electrons. The maximum absolute atomic E-state index is 11.5. The summed E-state index contributed by atoms with van der Waals surface area (Å²) >= 11 is 0. The Kier molecular flexibility index (Phi) is 3.55. The molecule has 0 N–H and O–H groups in total. The lowest BCUT2D eigenvalue weighted by molar-refractivity contribution is -0.145. The maximum Gasteiger partial charge on any atom is 0.337 e. The third-order valence-corrected chi connectivity index (χ3v) is 2.91. The quantitative estimate of drug-likeness (QED) is 0.396. The number of rotatable bonds is 3. The van der Waals surface area contributed by atoms with E-state index in [1.807, 2.05) is 6.92 Å². The number of esters is 1. The second-order valence-corrected chi connectivity index (χ2v) is 3.79. The van der Waals surface area contributed by atoms with Gasteiger partial charge in [0, 0.05) is 5.41 Å². The fraction of sp³-hybridized carbons (Fsp3) is 0.727. The Hall–Kier alpha value is -0.990. The van der Waals surface area contributed by atoms with Gasteiger partial charge in [0.1, 0.15) is 0 Å². The van der Waals surface area contributed by atoms with Gasteiger partial charge in [-0.05, 0) is 19.8 Å². The van der Waals surface area contributed by atoms with E-state index in [1.54, 1.807) is 6.26 Å². The van der Waals surface area contributed by atoms with Crippen molar-refractivity contribution in [3.05, 3.63) is 11.8 Å². The average molecular weight is 198 g/mol. The fourth-order valence-corrected chi connectivity index (χ4v) is 1.55. The summed E-state index contributed by atoms with van der Waals surface area (Å²) in [7, 11) is 0. The average Bonchev–Trinajstić information content (AvgIpc) is 2.17. The molecule has 1 unspecified atom stereocenters. The van der Waals surface area contributed by atoms with E-state index in [4.69, 9.17) is 9.47 Å². The van der Waals surface area contributed by atoms with E-state index < -0.39 is 0 Å². The van der Waals surface area contributed by atoms with Gasteiger partial charge in [-0.1, -0.05) is 13.8 Å². The maximum atomic E-state index is 11.5. The Balaban J connectivity index is 2.87. The summed E-state index contributed by atoms with van der Waals surface area (Å²) in [4.78, 5) is 11.5. The molecule has 1 heterocycles. The van der Waals surface area contributed by atoms with Crippen molar-refractivity contribution in [1.29, 1.82) is 0 Å². The van der Waals surface area contributed by atoms with Gasteiger partial charge in [0.05, 0.1) is 25.0 Å². The molecule has 1 saturated heterocycles. The first-order chi connectivity index (χ1) is 6.64. The molecule has 0 spiro atoms. The van der Waals surface area contributed by atoms with Crippen LogP contribution in [0.4, 0.5) is 0 Å².